The van der Waals surface area contributed by atoms with E-state index in [1.807, 2.05) is 0 Å². The van der Waals surface area contributed by atoms with E-state index in [0.29, 0.717) is 29.4 Å². The second kappa shape index (κ2) is 6.87. The van der Waals surface area contributed by atoms with E-state index >= 15 is 0 Å². The molecule has 1 aromatic carbocycles. The highest BCUT2D eigenvalue weighted by molar-refractivity contribution is 7.13. The molecule has 0 unspecified atom stereocenters. The Labute approximate surface area is 147 Å². The normalized spacial score (nSPS) is 13.2. The first-order chi connectivity index (χ1) is 11.8. The molecule has 2 amide bonds. The Balaban J connectivity index is 1.71. The van der Waals surface area contributed by atoms with Crippen LogP contribution in [0.1, 0.15) is 25.1 Å². The van der Waals surface area contributed by atoms with Crippen molar-refractivity contribution in [1.29, 1.82) is 0 Å². The minimum absolute atomic E-state index is 0.00558. The summed E-state index contributed by atoms with van der Waals surface area (Å²) in [6.45, 7) is 3.86. The molecule has 0 bridgehead atoms. The lowest BCUT2D eigenvalue weighted by Crippen LogP contribution is -2.30. The van der Waals surface area contributed by atoms with E-state index in [4.69, 9.17) is 0 Å². The van der Waals surface area contributed by atoms with Gasteiger partial charge in [-0.15, -0.1) is 11.3 Å². The SMILES string of the molecule is CC(C)C(=O)Nc1nc(CC(=O)N2CCc3c(F)cc(F)cc32)cs1. The number of anilines is 2. The Bertz CT molecular complexity index is 835. The minimum atomic E-state index is -0.705. The molecule has 1 aliphatic rings. The zero-order valence-electron chi connectivity index (χ0n) is 13.8. The molecule has 2 aromatic rings. The number of carbonyl (C=O) groups excluding carboxylic acids is 2. The number of carbonyl (C=O) groups is 2. The molecule has 0 atom stereocenters. The third kappa shape index (κ3) is 3.68. The Morgan fingerprint density at radius 1 is 1.36 bits per heavy atom. The molecule has 5 nitrogen and oxygen atoms in total. The van der Waals surface area contributed by atoms with Crippen LogP contribution in [0.4, 0.5) is 19.6 Å². The molecule has 0 fully saturated rings. The average Bonchev–Trinajstić information content (AvgIpc) is 3.14. The molecular weight excluding hydrogens is 348 g/mol. The van der Waals surface area contributed by atoms with Gasteiger partial charge in [-0.25, -0.2) is 13.8 Å². The molecule has 8 heteroatoms. The van der Waals surface area contributed by atoms with Crippen molar-refractivity contribution in [3.63, 3.8) is 0 Å². The van der Waals surface area contributed by atoms with Crippen LogP contribution >= 0.6 is 11.3 Å². The van der Waals surface area contributed by atoms with Gasteiger partial charge >= 0.3 is 0 Å². The van der Waals surface area contributed by atoms with Gasteiger partial charge < -0.3 is 10.2 Å². The molecule has 0 radical (unpaired) electrons. The fraction of sp³-hybridized carbons (Fsp3) is 0.353. The Hall–Kier alpha value is -2.35. The van der Waals surface area contributed by atoms with Gasteiger partial charge in [0.15, 0.2) is 5.13 Å². The first-order valence-corrected chi connectivity index (χ1v) is 8.76. The van der Waals surface area contributed by atoms with Crippen LogP contribution in [0.15, 0.2) is 17.5 Å². The van der Waals surface area contributed by atoms with Crippen LogP contribution in [-0.2, 0) is 22.4 Å². The highest BCUT2D eigenvalue weighted by atomic mass is 32.1. The third-order valence-corrected chi connectivity index (χ3v) is 4.76. The van der Waals surface area contributed by atoms with Crippen LogP contribution in [0.2, 0.25) is 0 Å². The lowest BCUT2D eigenvalue weighted by molar-refractivity contribution is -0.119. The van der Waals surface area contributed by atoms with Gasteiger partial charge in [-0.05, 0) is 12.5 Å². The number of amides is 2. The van der Waals surface area contributed by atoms with Crippen LogP contribution in [0.3, 0.4) is 0 Å². The molecule has 132 valence electrons. The van der Waals surface area contributed by atoms with Crippen LogP contribution < -0.4 is 10.2 Å². The largest absolute Gasteiger partial charge is 0.311 e. The molecule has 0 spiro atoms. The van der Waals surface area contributed by atoms with Crippen LogP contribution in [0.25, 0.3) is 0 Å². The number of nitrogens with zero attached hydrogens (tertiary/aromatic N) is 2. The molecule has 1 aliphatic heterocycles. The molecular formula is C17H17F2N3O2S. The van der Waals surface area contributed by atoms with E-state index in [1.54, 1.807) is 19.2 Å². The van der Waals surface area contributed by atoms with Crippen molar-refractivity contribution < 1.29 is 18.4 Å². The summed E-state index contributed by atoms with van der Waals surface area (Å²) in [5.41, 5.74) is 1.16. The van der Waals surface area contributed by atoms with Gasteiger partial charge in [0, 0.05) is 29.5 Å². The summed E-state index contributed by atoms with van der Waals surface area (Å²) < 4.78 is 27.2. The highest BCUT2D eigenvalue weighted by Gasteiger charge is 2.28. The van der Waals surface area contributed by atoms with E-state index in [-0.39, 0.29) is 29.8 Å². The number of halogens is 2. The number of hydrogen-bond acceptors (Lipinski definition) is 4. The number of fused-ring (bicyclic) bond motifs is 1. The number of hydrogen-bond donors (Lipinski definition) is 1. The fourth-order valence-electron chi connectivity index (χ4n) is 2.63. The van der Waals surface area contributed by atoms with E-state index in [0.717, 1.165) is 6.07 Å². The van der Waals surface area contributed by atoms with Gasteiger partial charge in [-0.2, -0.15) is 0 Å². The molecule has 0 aliphatic carbocycles. The van der Waals surface area contributed by atoms with Crippen molar-refractivity contribution in [3.05, 3.63) is 40.4 Å². The van der Waals surface area contributed by atoms with E-state index < -0.39 is 11.6 Å². The number of aromatic nitrogens is 1. The van der Waals surface area contributed by atoms with E-state index in [1.165, 1.54) is 22.3 Å². The smallest absolute Gasteiger partial charge is 0.233 e. The fourth-order valence-corrected chi connectivity index (χ4v) is 3.34. The molecule has 2 heterocycles. The first kappa shape index (κ1) is 17.5. The van der Waals surface area contributed by atoms with Gasteiger partial charge in [-0.1, -0.05) is 13.8 Å². The predicted molar refractivity (Wildman–Crippen MR) is 91.7 cm³/mol. The zero-order chi connectivity index (χ0) is 18.1. The summed E-state index contributed by atoms with van der Waals surface area (Å²) in [4.78, 5) is 29.8. The first-order valence-electron chi connectivity index (χ1n) is 7.88. The summed E-state index contributed by atoms with van der Waals surface area (Å²) in [7, 11) is 0. The van der Waals surface area contributed by atoms with E-state index in [9.17, 15) is 18.4 Å². The Kier molecular flexibility index (Phi) is 4.80. The van der Waals surface area contributed by atoms with Gasteiger partial charge in [0.1, 0.15) is 11.6 Å². The van der Waals surface area contributed by atoms with Gasteiger partial charge in [-0.3, -0.25) is 9.59 Å². The molecule has 1 N–H and O–H groups in total. The van der Waals surface area contributed by atoms with Crippen molar-refractivity contribution >= 4 is 34.0 Å². The number of rotatable bonds is 4. The zero-order valence-corrected chi connectivity index (χ0v) is 14.6. The minimum Gasteiger partial charge on any atom is -0.311 e. The molecule has 0 saturated heterocycles. The van der Waals surface area contributed by atoms with Gasteiger partial charge in [0.25, 0.3) is 0 Å². The van der Waals surface area contributed by atoms with Crippen molar-refractivity contribution in [2.45, 2.75) is 26.7 Å². The summed E-state index contributed by atoms with van der Waals surface area (Å²) in [6.07, 6.45) is 0.367. The van der Waals surface area contributed by atoms with Crippen LogP contribution in [0, 0.1) is 17.6 Å². The standard InChI is InChI=1S/C17H17F2N3O2S/c1-9(2)16(24)21-17-20-11(8-25-17)7-15(23)22-4-3-12-13(19)5-10(18)6-14(12)22/h5-6,8-9H,3-4,7H2,1-2H3,(H,20,21,24). The lowest BCUT2D eigenvalue weighted by Gasteiger charge is -2.16. The van der Waals surface area contributed by atoms with Crippen LogP contribution in [-0.4, -0.2) is 23.3 Å². The summed E-state index contributed by atoms with van der Waals surface area (Å²) in [5.74, 6) is -1.93. The maximum absolute atomic E-state index is 13.8. The molecule has 25 heavy (non-hydrogen) atoms. The maximum atomic E-state index is 13.8. The molecule has 3 rings (SSSR count). The third-order valence-electron chi connectivity index (χ3n) is 3.95. The predicted octanol–water partition coefficient (Wildman–Crippen LogP) is 3.15. The topological polar surface area (TPSA) is 62.3 Å². The lowest BCUT2D eigenvalue weighted by atomic mass is 10.1. The Morgan fingerprint density at radius 3 is 2.84 bits per heavy atom. The second-order valence-electron chi connectivity index (χ2n) is 6.15. The van der Waals surface area contributed by atoms with Gasteiger partial charge in [0.05, 0.1) is 17.8 Å². The maximum Gasteiger partial charge on any atom is 0.233 e. The van der Waals surface area contributed by atoms with Crippen molar-refractivity contribution in [2.75, 3.05) is 16.8 Å². The molecule has 0 saturated carbocycles. The summed E-state index contributed by atoms with van der Waals surface area (Å²) in [6, 6.07) is 2.01. The van der Waals surface area contributed by atoms with E-state index in [2.05, 4.69) is 10.3 Å². The summed E-state index contributed by atoms with van der Waals surface area (Å²) >= 11 is 1.24. The number of thiazole rings is 1. The summed E-state index contributed by atoms with van der Waals surface area (Å²) in [5, 5.41) is 4.80. The van der Waals surface area contributed by atoms with Crippen LogP contribution in [0.5, 0.6) is 0 Å². The monoisotopic (exact) mass is 365 g/mol. The van der Waals surface area contributed by atoms with Crippen molar-refractivity contribution in [1.82, 2.24) is 4.98 Å². The van der Waals surface area contributed by atoms with Crippen molar-refractivity contribution in [3.8, 4) is 0 Å². The number of nitrogens with one attached hydrogen (secondary N) is 1. The quantitative estimate of drug-likeness (QED) is 0.905. The second-order valence-corrected chi connectivity index (χ2v) is 7.00. The number of benzene rings is 1. The van der Waals surface area contributed by atoms with Gasteiger partial charge in [0.2, 0.25) is 11.8 Å². The molecule has 1 aromatic heterocycles. The van der Waals surface area contributed by atoms with Crippen molar-refractivity contribution in [2.24, 2.45) is 5.92 Å². The average molecular weight is 365 g/mol. The Morgan fingerprint density at radius 2 is 2.12 bits per heavy atom. The highest BCUT2D eigenvalue weighted by Crippen LogP contribution is 2.31.